The molecular weight excluding hydrogens is 342 g/mol. The largest absolute Gasteiger partial charge is 0.396 e. The third-order valence-electron chi connectivity index (χ3n) is 6.14. The monoisotopic (exact) mass is 373 g/mol. The van der Waals surface area contributed by atoms with Crippen molar-refractivity contribution in [2.75, 3.05) is 39.8 Å². The zero-order valence-electron chi connectivity index (χ0n) is 16.2. The van der Waals surface area contributed by atoms with E-state index in [0.29, 0.717) is 19.4 Å². The minimum atomic E-state index is -0.311. The van der Waals surface area contributed by atoms with Crippen LogP contribution in [0.15, 0.2) is 30.3 Å². The van der Waals surface area contributed by atoms with Crippen LogP contribution in [0.1, 0.15) is 43.7 Å². The Morgan fingerprint density at radius 1 is 1.22 bits per heavy atom. The summed E-state index contributed by atoms with van der Waals surface area (Å²) < 4.78 is 0. The van der Waals surface area contributed by atoms with Gasteiger partial charge in [0, 0.05) is 39.2 Å². The maximum atomic E-state index is 13.0. The van der Waals surface area contributed by atoms with Crippen LogP contribution in [0, 0.1) is 5.41 Å². The van der Waals surface area contributed by atoms with E-state index >= 15 is 0 Å². The Morgan fingerprint density at radius 3 is 2.56 bits per heavy atom. The van der Waals surface area contributed by atoms with E-state index in [9.17, 15) is 9.59 Å². The van der Waals surface area contributed by atoms with Gasteiger partial charge in [0.15, 0.2) is 0 Å². The van der Waals surface area contributed by atoms with E-state index in [1.807, 2.05) is 47.2 Å². The van der Waals surface area contributed by atoms with E-state index in [1.165, 1.54) is 0 Å². The van der Waals surface area contributed by atoms with Gasteiger partial charge in [-0.1, -0.05) is 30.3 Å². The summed E-state index contributed by atoms with van der Waals surface area (Å²) in [7, 11) is 1.83. The predicted molar refractivity (Wildman–Crippen MR) is 104 cm³/mol. The minimum absolute atomic E-state index is 0.115. The number of carbonyl (C=O) groups excluding carboxylic acids is 2. The van der Waals surface area contributed by atoms with Gasteiger partial charge in [-0.25, -0.2) is 0 Å². The number of likely N-dealkylation sites (N-methyl/N-ethyl adjacent to an activating group) is 1. The number of likely N-dealkylation sites (tertiary alicyclic amines) is 2. The molecule has 2 fully saturated rings. The molecule has 2 N–H and O–H groups in total. The first-order valence-corrected chi connectivity index (χ1v) is 9.98. The molecule has 6 heteroatoms. The summed E-state index contributed by atoms with van der Waals surface area (Å²) in [5.41, 5.74) is 1.12. The van der Waals surface area contributed by atoms with Crippen LogP contribution in [0.5, 0.6) is 0 Å². The summed E-state index contributed by atoms with van der Waals surface area (Å²) in [6, 6.07) is 9.52. The molecule has 0 unspecified atom stereocenters. The van der Waals surface area contributed by atoms with E-state index in [2.05, 4.69) is 5.32 Å². The molecule has 2 aliphatic rings. The summed E-state index contributed by atoms with van der Waals surface area (Å²) in [5, 5.41) is 12.2. The highest BCUT2D eigenvalue weighted by atomic mass is 16.3. The van der Waals surface area contributed by atoms with Crippen LogP contribution in [0.3, 0.4) is 0 Å². The molecule has 148 valence electrons. The standard InChI is InChI=1S/C21H31N3O3/c1-22-19(17-6-3-2-4-7-17)20(27)23-13-10-21(11-14-23)9-8-18(26)24(16-21)12-5-15-25/h2-4,6-7,19,22,25H,5,8-16H2,1H3/t19-/m1/s1. The average Bonchev–Trinajstić information content (AvgIpc) is 2.71. The molecule has 0 aromatic heterocycles. The summed E-state index contributed by atoms with van der Waals surface area (Å²) >= 11 is 0. The smallest absolute Gasteiger partial charge is 0.244 e. The predicted octanol–water partition coefficient (Wildman–Crippen LogP) is 1.56. The zero-order valence-corrected chi connectivity index (χ0v) is 16.2. The van der Waals surface area contributed by atoms with Crippen LogP contribution in [0.25, 0.3) is 0 Å². The van der Waals surface area contributed by atoms with E-state index in [0.717, 1.165) is 44.5 Å². The lowest BCUT2D eigenvalue weighted by Gasteiger charge is -2.47. The van der Waals surface area contributed by atoms with Crippen LogP contribution in [-0.2, 0) is 9.59 Å². The molecule has 1 atom stereocenters. The number of benzene rings is 1. The Labute approximate surface area is 161 Å². The summed E-state index contributed by atoms with van der Waals surface area (Å²) in [6.45, 7) is 3.00. The molecule has 2 aliphatic heterocycles. The van der Waals surface area contributed by atoms with Gasteiger partial charge in [0.25, 0.3) is 0 Å². The van der Waals surface area contributed by atoms with E-state index in [-0.39, 0.29) is 29.9 Å². The lowest BCUT2D eigenvalue weighted by Crippen LogP contribution is -2.53. The van der Waals surface area contributed by atoms with Crippen molar-refractivity contribution in [3.05, 3.63) is 35.9 Å². The Hall–Kier alpha value is -1.92. The molecule has 0 saturated carbocycles. The van der Waals surface area contributed by atoms with Gasteiger partial charge in [-0.15, -0.1) is 0 Å². The third kappa shape index (κ3) is 4.50. The fraction of sp³-hybridized carbons (Fsp3) is 0.619. The van der Waals surface area contributed by atoms with Crippen LogP contribution in [-0.4, -0.2) is 66.6 Å². The van der Waals surface area contributed by atoms with Crippen molar-refractivity contribution < 1.29 is 14.7 Å². The zero-order chi connectivity index (χ0) is 19.3. The molecule has 1 aromatic rings. The molecule has 2 heterocycles. The first-order valence-electron chi connectivity index (χ1n) is 9.98. The molecule has 2 amide bonds. The maximum Gasteiger partial charge on any atom is 0.244 e. The highest BCUT2D eigenvalue weighted by Gasteiger charge is 2.42. The number of nitrogens with one attached hydrogen (secondary N) is 1. The molecule has 0 bridgehead atoms. The van der Waals surface area contributed by atoms with Crippen LogP contribution in [0.2, 0.25) is 0 Å². The van der Waals surface area contributed by atoms with Crippen molar-refractivity contribution in [2.45, 2.75) is 38.1 Å². The van der Waals surface area contributed by atoms with Gasteiger partial charge in [-0.2, -0.15) is 0 Å². The van der Waals surface area contributed by atoms with E-state index in [4.69, 9.17) is 5.11 Å². The number of piperidine rings is 2. The molecule has 6 nitrogen and oxygen atoms in total. The summed E-state index contributed by atoms with van der Waals surface area (Å²) in [6.07, 6.45) is 4.01. The van der Waals surface area contributed by atoms with Gasteiger partial charge in [-0.3, -0.25) is 9.59 Å². The topological polar surface area (TPSA) is 72.9 Å². The van der Waals surface area contributed by atoms with Crippen molar-refractivity contribution in [1.82, 2.24) is 15.1 Å². The van der Waals surface area contributed by atoms with Gasteiger partial charge >= 0.3 is 0 Å². The van der Waals surface area contributed by atoms with Gasteiger partial charge in [0.2, 0.25) is 11.8 Å². The SMILES string of the molecule is CN[C@@H](C(=O)N1CCC2(CCC(=O)N(CCCO)C2)CC1)c1ccccc1. The Balaban J connectivity index is 1.61. The van der Waals surface area contributed by atoms with Crippen LogP contribution >= 0.6 is 0 Å². The normalized spacial score (nSPS) is 20.7. The van der Waals surface area contributed by atoms with Crippen LogP contribution < -0.4 is 5.32 Å². The molecule has 1 spiro atoms. The minimum Gasteiger partial charge on any atom is -0.396 e. The van der Waals surface area contributed by atoms with Gasteiger partial charge < -0.3 is 20.2 Å². The van der Waals surface area contributed by atoms with E-state index in [1.54, 1.807) is 0 Å². The molecule has 0 aliphatic carbocycles. The third-order valence-corrected chi connectivity index (χ3v) is 6.14. The summed E-state index contributed by atoms with van der Waals surface area (Å²) in [4.78, 5) is 29.1. The number of hydrogen-bond donors (Lipinski definition) is 2. The van der Waals surface area contributed by atoms with Crippen molar-refractivity contribution in [3.8, 4) is 0 Å². The Kier molecular flexibility index (Phi) is 6.50. The number of aliphatic hydroxyl groups excluding tert-OH is 1. The Bertz CT molecular complexity index is 641. The number of rotatable bonds is 6. The fourth-order valence-corrected chi connectivity index (χ4v) is 4.44. The number of aliphatic hydroxyl groups is 1. The molecule has 3 rings (SSSR count). The molecular formula is C21H31N3O3. The first-order chi connectivity index (χ1) is 13.1. The van der Waals surface area contributed by atoms with Gasteiger partial charge in [0.1, 0.15) is 6.04 Å². The number of nitrogens with zero attached hydrogens (tertiary/aromatic N) is 2. The summed E-state index contributed by atoms with van der Waals surface area (Å²) in [5.74, 6) is 0.328. The molecule has 27 heavy (non-hydrogen) atoms. The van der Waals surface area contributed by atoms with Crippen LogP contribution in [0.4, 0.5) is 0 Å². The second-order valence-electron chi connectivity index (χ2n) is 7.85. The van der Waals surface area contributed by atoms with Gasteiger partial charge in [0.05, 0.1) is 0 Å². The van der Waals surface area contributed by atoms with Crippen molar-refractivity contribution in [1.29, 1.82) is 0 Å². The Morgan fingerprint density at radius 2 is 1.93 bits per heavy atom. The highest BCUT2D eigenvalue weighted by molar-refractivity contribution is 5.83. The average molecular weight is 373 g/mol. The van der Waals surface area contributed by atoms with E-state index < -0.39 is 0 Å². The first kappa shape index (κ1) is 19.8. The lowest BCUT2D eigenvalue weighted by atomic mass is 9.72. The lowest BCUT2D eigenvalue weighted by molar-refractivity contribution is -0.143. The molecule has 1 aromatic carbocycles. The van der Waals surface area contributed by atoms with Crippen molar-refractivity contribution in [2.24, 2.45) is 5.41 Å². The highest BCUT2D eigenvalue weighted by Crippen LogP contribution is 2.40. The fourth-order valence-electron chi connectivity index (χ4n) is 4.44. The van der Waals surface area contributed by atoms with Crippen molar-refractivity contribution in [3.63, 3.8) is 0 Å². The quantitative estimate of drug-likeness (QED) is 0.794. The van der Waals surface area contributed by atoms with Crippen molar-refractivity contribution >= 4 is 11.8 Å². The molecule has 0 radical (unpaired) electrons. The second-order valence-corrected chi connectivity index (χ2v) is 7.85. The number of carbonyl (C=O) groups is 2. The molecule has 2 saturated heterocycles. The second kappa shape index (κ2) is 8.85. The maximum absolute atomic E-state index is 13.0. The number of hydrogen-bond acceptors (Lipinski definition) is 4. The van der Waals surface area contributed by atoms with Gasteiger partial charge in [-0.05, 0) is 43.7 Å². The number of amides is 2.